The second-order valence-electron chi connectivity index (χ2n) is 6.08. The van der Waals surface area contributed by atoms with Gasteiger partial charge in [-0.3, -0.25) is 0 Å². The van der Waals surface area contributed by atoms with Crippen LogP contribution in [0.4, 0.5) is 23.2 Å². The number of aryl methyl sites for hydroxylation is 1. The maximum absolute atomic E-state index is 13.7. The molecule has 0 saturated carbocycles. The zero-order chi connectivity index (χ0) is 20.3. The van der Waals surface area contributed by atoms with E-state index in [1.165, 1.54) is 24.4 Å². The van der Waals surface area contributed by atoms with Crippen LogP contribution in [0.2, 0.25) is 0 Å². The molecule has 2 aromatic heterocycles. The van der Waals surface area contributed by atoms with Crippen molar-refractivity contribution in [2.45, 2.75) is 26.1 Å². The van der Waals surface area contributed by atoms with E-state index in [0.717, 1.165) is 0 Å². The van der Waals surface area contributed by atoms with Crippen LogP contribution in [0.25, 0.3) is 11.4 Å². The van der Waals surface area contributed by atoms with Crippen LogP contribution in [0.5, 0.6) is 5.88 Å². The minimum Gasteiger partial charge on any atom is -0.468 e. The van der Waals surface area contributed by atoms with Gasteiger partial charge in [0.2, 0.25) is 17.6 Å². The van der Waals surface area contributed by atoms with Gasteiger partial charge in [-0.1, -0.05) is 17.3 Å². The van der Waals surface area contributed by atoms with E-state index in [-0.39, 0.29) is 23.4 Å². The number of pyridine rings is 1. The molecule has 148 valence electrons. The third-order valence-electron chi connectivity index (χ3n) is 3.75. The van der Waals surface area contributed by atoms with Gasteiger partial charge in [0.15, 0.2) is 6.61 Å². The first-order valence-electron chi connectivity index (χ1n) is 8.23. The van der Waals surface area contributed by atoms with Crippen molar-refractivity contribution in [3.8, 4) is 17.3 Å². The highest BCUT2D eigenvalue weighted by Gasteiger charge is 2.28. The lowest BCUT2D eigenvalue weighted by Crippen LogP contribution is -2.19. The predicted molar refractivity (Wildman–Crippen MR) is 92.3 cm³/mol. The number of nitrogens with zero attached hydrogens (tertiary/aromatic N) is 3. The molecule has 0 aliphatic carbocycles. The number of aromatic nitrogens is 3. The summed E-state index contributed by atoms with van der Waals surface area (Å²) in [6.07, 6.45) is -3.10. The van der Waals surface area contributed by atoms with Crippen LogP contribution in [0.1, 0.15) is 24.4 Å². The Bertz CT molecular complexity index is 942. The fourth-order valence-electron chi connectivity index (χ4n) is 2.28. The fraction of sp³-hybridized carbons (Fsp3) is 0.278. The second kappa shape index (κ2) is 7.83. The van der Waals surface area contributed by atoms with Gasteiger partial charge in [-0.2, -0.15) is 18.2 Å². The van der Waals surface area contributed by atoms with Gasteiger partial charge in [0.25, 0.3) is 0 Å². The Balaban J connectivity index is 1.64. The number of nitrogens with one attached hydrogen (secondary N) is 1. The lowest BCUT2D eigenvalue weighted by molar-refractivity contribution is -0.154. The van der Waals surface area contributed by atoms with E-state index in [4.69, 9.17) is 4.52 Å². The van der Waals surface area contributed by atoms with E-state index in [1.54, 1.807) is 26.0 Å². The van der Waals surface area contributed by atoms with Crippen molar-refractivity contribution in [2.24, 2.45) is 0 Å². The monoisotopic (exact) mass is 396 g/mol. The number of rotatable bonds is 6. The van der Waals surface area contributed by atoms with Crippen molar-refractivity contribution in [3.05, 3.63) is 53.8 Å². The fourth-order valence-corrected chi connectivity index (χ4v) is 2.28. The van der Waals surface area contributed by atoms with Crippen LogP contribution in [0.3, 0.4) is 0 Å². The highest BCUT2D eigenvalue weighted by molar-refractivity contribution is 5.55. The minimum absolute atomic E-state index is 0.142. The highest BCUT2D eigenvalue weighted by Crippen LogP contribution is 2.24. The van der Waals surface area contributed by atoms with Crippen LogP contribution < -0.4 is 10.1 Å². The average molecular weight is 396 g/mol. The van der Waals surface area contributed by atoms with Gasteiger partial charge < -0.3 is 14.6 Å². The first-order valence-corrected chi connectivity index (χ1v) is 8.23. The van der Waals surface area contributed by atoms with Crippen molar-refractivity contribution in [1.29, 1.82) is 0 Å². The lowest BCUT2D eigenvalue weighted by Gasteiger charge is -2.12. The van der Waals surface area contributed by atoms with E-state index in [1.807, 2.05) is 0 Å². The summed E-state index contributed by atoms with van der Waals surface area (Å²) in [6.45, 7) is 1.99. The molecule has 1 aromatic carbocycles. The molecule has 0 radical (unpaired) electrons. The summed E-state index contributed by atoms with van der Waals surface area (Å²) in [4.78, 5) is 8.05. The maximum atomic E-state index is 13.7. The quantitative estimate of drug-likeness (QED) is 0.610. The van der Waals surface area contributed by atoms with Gasteiger partial charge in [0.1, 0.15) is 11.9 Å². The second-order valence-corrected chi connectivity index (χ2v) is 6.08. The minimum atomic E-state index is -4.43. The van der Waals surface area contributed by atoms with Crippen LogP contribution in [0.15, 0.2) is 41.1 Å². The molecule has 0 aliphatic rings. The molecule has 0 saturated heterocycles. The number of hydrogen-bond donors (Lipinski definition) is 1. The number of ether oxygens (including phenoxy) is 1. The van der Waals surface area contributed by atoms with Gasteiger partial charge in [0.05, 0.1) is 11.9 Å². The summed E-state index contributed by atoms with van der Waals surface area (Å²) in [5.41, 5.74) is 1.52. The van der Waals surface area contributed by atoms with Crippen LogP contribution in [0, 0.1) is 12.7 Å². The predicted octanol–water partition coefficient (Wildman–Crippen LogP) is 4.69. The molecule has 1 unspecified atom stereocenters. The van der Waals surface area contributed by atoms with Crippen molar-refractivity contribution < 1.29 is 26.8 Å². The Morgan fingerprint density at radius 3 is 2.64 bits per heavy atom. The highest BCUT2D eigenvalue weighted by atomic mass is 19.4. The number of alkyl halides is 3. The van der Waals surface area contributed by atoms with Crippen LogP contribution in [-0.2, 0) is 0 Å². The Morgan fingerprint density at radius 2 is 2.00 bits per heavy atom. The SMILES string of the molecule is Cc1ccc(-c2noc(C(C)Nc3ccc(OCC(F)(F)F)nc3)n2)cc1F. The third kappa shape index (κ3) is 4.96. The zero-order valence-corrected chi connectivity index (χ0v) is 14.9. The summed E-state index contributed by atoms with van der Waals surface area (Å²) < 4.78 is 59.9. The van der Waals surface area contributed by atoms with Crippen molar-refractivity contribution >= 4 is 5.69 Å². The molecule has 2 heterocycles. The number of benzene rings is 1. The van der Waals surface area contributed by atoms with Crippen LogP contribution in [-0.4, -0.2) is 27.9 Å². The van der Waals surface area contributed by atoms with Gasteiger partial charge in [0, 0.05) is 11.6 Å². The number of hydrogen-bond acceptors (Lipinski definition) is 6. The summed E-state index contributed by atoms with van der Waals surface area (Å²) in [5.74, 6) is -0.00381. The molecule has 0 aliphatic heterocycles. The maximum Gasteiger partial charge on any atom is 0.422 e. The van der Waals surface area contributed by atoms with Gasteiger partial charge in [-0.25, -0.2) is 9.37 Å². The van der Waals surface area contributed by atoms with Gasteiger partial charge in [-0.05, 0) is 31.5 Å². The van der Waals surface area contributed by atoms with Crippen molar-refractivity contribution in [2.75, 3.05) is 11.9 Å². The van der Waals surface area contributed by atoms with E-state index >= 15 is 0 Å². The Hall–Kier alpha value is -3.17. The zero-order valence-electron chi connectivity index (χ0n) is 14.9. The Kier molecular flexibility index (Phi) is 5.48. The summed E-state index contributed by atoms with van der Waals surface area (Å²) >= 11 is 0. The molecule has 0 bridgehead atoms. The first kappa shape index (κ1) is 19.6. The molecule has 1 N–H and O–H groups in total. The smallest absolute Gasteiger partial charge is 0.422 e. The normalized spacial score (nSPS) is 12.6. The van der Waals surface area contributed by atoms with E-state index < -0.39 is 18.8 Å². The summed E-state index contributed by atoms with van der Waals surface area (Å²) in [6, 6.07) is 7.05. The molecule has 0 fully saturated rings. The Labute approximate surface area is 157 Å². The largest absolute Gasteiger partial charge is 0.468 e. The Morgan fingerprint density at radius 1 is 1.21 bits per heavy atom. The van der Waals surface area contributed by atoms with E-state index in [2.05, 4.69) is 25.2 Å². The molecule has 1 atom stereocenters. The molecule has 28 heavy (non-hydrogen) atoms. The molecule has 0 amide bonds. The molecular weight excluding hydrogens is 380 g/mol. The lowest BCUT2D eigenvalue weighted by atomic mass is 10.1. The average Bonchev–Trinajstić information content (AvgIpc) is 3.13. The van der Waals surface area contributed by atoms with Gasteiger partial charge in [-0.15, -0.1) is 0 Å². The molecular formula is C18H16F4N4O2. The molecule has 3 aromatic rings. The van der Waals surface area contributed by atoms with E-state index in [0.29, 0.717) is 16.8 Å². The first-order chi connectivity index (χ1) is 13.2. The number of halogens is 4. The molecule has 6 nitrogen and oxygen atoms in total. The third-order valence-corrected chi connectivity index (χ3v) is 3.75. The van der Waals surface area contributed by atoms with Crippen LogP contribution >= 0.6 is 0 Å². The molecule has 10 heteroatoms. The number of anilines is 1. The summed E-state index contributed by atoms with van der Waals surface area (Å²) in [5, 5.41) is 6.88. The van der Waals surface area contributed by atoms with Gasteiger partial charge >= 0.3 is 6.18 Å². The molecule has 3 rings (SSSR count). The standard InChI is InChI=1S/C18H16F4N4O2/c1-10-3-4-12(7-14(10)19)16-25-17(28-26-16)11(2)24-13-5-6-15(23-8-13)27-9-18(20,21)22/h3-8,11,24H,9H2,1-2H3. The topological polar surface area (TPSA) is 73.1 Å². The molecule has 0 spiro atoms. The van der Waals surface area contributed by atoms with Crippen molar-refractivity contribution in [1.82, 2.24) is 15.1 Å². The summed E-state index contributed by atoms with van der Waals surface area (Å²) in [7, 11) is 0. The van der Waals surface area contributed by atoms with E-state index in [9.17, 15) is 17.6 Å². The van der Waals surface area contributed by atoms with Crippen molar-refractivity contribution in [3.63, 3.8) is 0 Å².